The lowest BCUT2D eigenvalue weighted by Crippen LogP contribution is -2.28. The van der Waals surface area contributed by atoms with E-state index in [0.717, 1.165) is 0 Å². The van der Waals surface area contributed by atoms with Gasteiger partial charge in [0.05, 0.1) is 5.69 Å². The van der Waals surface area contributed by atoms with Gasteiger partial charge in [0.2, 0.25) is 0 Å². The molecule has 28 heavy (non-hydrogen) atoms. The van der Waals surface area contributed by atoms with E-state index >= 15 is 0 Å². The van der Waals surface area contributed by atoms with Gasteiger partial charge in [-0.05, 0) is 32.9 Å². The highest BCUT2D eigenvalue weighted by Gasteiger charge is 2.17. The standard InChI is InChI=1S/C20H24N4O4/c1-20(2,3)28-19(26)23-16-12-8-11-15(22-16)13-27-24-17(18(25)21-4)14-9-6-5-7-10-14/h5-12H,13H2,1-4H3,(H,21,25)(H,22,23,26). The summed E-state index contributed by atoms with van der Waals surface area (Å²) in [6, 6.07) is 14.1. The second-order valence-corrected chi connectivity index (χ2v) is 6.80. The Bertz CT molecular complexity index is 845. The molecule has 0 unspecified atom stereocenters. The van der Waals surface area contributed by atoms with Crippen LogP contribution in [-0.4, -0.2) is 35.3 Å². The largest absolute Gasteiger partial charge is 0.444 e. The number of carbonyl (C=O) groups is 2. The van der Waals surface area contributed by atoms with E-state index in [2.05, 4.69) is 20.8 Å². The topological polar surface area (TPSA) is 102 Å². The lowest BCUT2D eigenvalue weighted by molar-refractivity contribution is -0.114. The maximum Gasteiger partial charge on any atom is 0.413 e. The van der Waals surface area contributed by atoms with Crippen molar-refractivity contribution < 1.29 is 19.2 Å². The van der Waals surface area contributed by atoms with Crippen molar-refractivity contribution in [3.63, 3.8) is 0 Å². The second-order valence-electron chi connectivity index (χ2n) is 6.80. The van der Waals surface area contributed by atoms with Gasteiger partial charge in [-0.1, -0.05) is 41.6 Å². The molecule has 0 radical (unpaired) electrons. The summed E-state index contributed by atoms with van der Waals surface area (Å²) in [5.41, 5.74) is 0.718. The lowest BCUT2D eigenvalue weighted by Gasteiger charge is -2.19. The zero-order valence-electron chi connectivity index (χ0n) is 16.4. The molecule has 8 heteroatoms. The zero-order valence-corrected chi connectivity index (χ0v) is 16.4. The number of ether oxygens (including phenoxy) is 1. The van der Waals surface area contributed by atoms with Crippen LogP contribution in [0.25, 0.3) is 0 Å². The molecule has 1 heterocycles. The van der Waals surface area contributed by atoms with Gasteiger partial charge in [0.15, 0.2) is 12.3 Å². The predicted octanol–water partition coefficient (Wildman–Crippen LogP) is 3.10. The fraction of sp³-hybridized carbons (Fsp3) is 0.300. The number of aromatic nitrogens is 1. The van der Waals surface area contributed by atoms with E-state index in [4.69, 9.17) is 9.57 Å². The number of amides is 2. The van der Waals surface area contributed by atoms with Gasteiger partial charge >= 0.3 is 6.09 Å². The summed E-state index contributed by atoms with van der Waals surface area (Å²) in [7, 11) is 1.52. The number of hydrogen-bond donors (Lipinski definition) is 2. The number of nitrogens with one attached hydrogen (secondary N) is 2. The van der Waals surface area contributed by atoms with Gasteiger partial charge in [-0.25, -0.2) is 9.78 Å². The van der Waals surface area contributed by atoms with Crippen LogP contribution in [0.1, 0.15) is 32.0 Å². The molecule has 0 spiro atoms. The Hall–Kier alpha value is -3.42. The molecule has 0 aliphatic heterocycles. The first-order valence-corrected chi connectivity index (χ1v) is 8.72. The molecular weight excluding hydrogens is 360 g/mol. The number of oxime groups is 1. The normalized spacial score (nSPS) is 11.5. The third-order valence-corrected chi connectivity index (χ3v) is 3.29. The molecule has 0 saturated carbocycles. The smallest absolute Gasteiger partial charge is 0.413 e. The Labute approximate surface area is 163 Å². The Morgan fingerprint density at radius 2 is 1.79 bits per heavy atom. The highest BCUT2D eigenvalue weighted by Crippen LogP contribution is 2.11. The molecule has 0 aliphatic carbocycles. The molecule has 0 bridgehead atoms. The fourth-order valence-electron chi connectivity index (χ4n) is 2.14. The van der Waals surface area contributed by atoms with Crippen molar-refractivity contribution in [2.45, 2.75) is 33.0 Å². The molecule has 0 saturated heterocycles. The van der Waals surface area contributed by atoms with Crippen LogP contribution in [0.15, 0.2) is 53.7 Å². The maximum absolute atomic E-state index is 12.0. The van der Waals surface area contributed by atoms with Gasteiger partial charge in [-0.15, -0.1) is 0 Å². The third-order valence-electron chi connectivity index (χ3n) is 3.29. The minimum absolute atomic E-state index is 0.0250. The van der Waals surface area contributed by atoms with E-state index in [9.17, 15) is 9.59 Å². The van der Waals surface area contributed by atoms with Crippen LogP contribution in [0.5, 0.6) is 0 Å². The van der Waals surface area contributed by atoms with Crippen molar-refractivity contribution in [2.75, 3.05) is 12.4 Å². The van der Waals surface area contributed by atoms with Crippen molar-refractivity contribution >= 4 is 23.5 Å². The van der Waals surface area contributed by atoms with E-state index in [0.29, 0.717) is 17.1 Å². The van der Waals surface area contributed by atoms with Crippen molar-refractivity contribution in [3.8, 4) is 0 Å². The Kier molecular flexibility index (Phi) is 7.08. The molecule has 2 N–H and O–H groups in total. The summed E-state index contributed by atoms with van der Waals surface area (Å²) >= 11 is 0. The van der Waals surface area contributed by atoms with Crippen molar-refractivity contribution in [2.24, 2.45) is 5.16 Å². The quantitative estimate of drug-likeness (QED) is 0.589. The van der Waals surface area contributed by atoms with Gasteiger partial charge in [0, 0.05) is 12.6 Å². The van der Waals surface area contributed by atoms with Crippen molar-refractivity contribution in [1.82, 2.24) is 10.3 Å². The molecule has 1 aromatic heterocycles. The van der Waals surface area contributed by atoms with E-state index in [1.54, 1.807) is 63.2 Å². The first-order valence-electron chi connectivity index (χ1n) is 8.72. The number of rotatable bonds is 6. The molecule has 0 fully saturated rings. The summed E-state index contributed by atoms with van der Waals surface area (Å²) in [6.45, 7) is 5.36. The molecule has 0 aliphatic rings. The fourth-order valence-corrected chi connectivity index (χ4v) is 2.14. The molecule has 1 aromatic carbocycles. The third kappa shape index (κ3) is 6.71. The zero-order chi connectivity index (χ0) is 20.6. The van der Waals surface area contributed by atoms with Gasteiger partial charge in [-0.3, -0.25) is 10.1 Å². The molecule has 2 rings (SSSR count). The minimum Gasteiger partial charge on any atom is -0.444 e. The number of carbonyl (C=O) groups excluding carboxylic acids is 2. The Morgan fingerprint density at radius 3 is 2.43 bits per heavy atom. The van der Waals surface area contributed by atoms with Crippen LogP contribution in [0.3, 0.4) is 0 Å². The van der Waals surface area contributed by atoms with Gasteiger partial charge in [0.25, 0.3) is 5.91 Å². The van der Waals surface area contributed by atoms with Crippen LogP contribution in [0, 0.1) is 0 Å². The lowest BCUT2D eigenvalue weighted by atomic mass is 10.1. The van der Waals surface area contributed by atoms with E-state index in [1.165, 1.54) is 7.05 Å². The number of anilines is 1. The molecule has 8 nitrogen and oxygen atoms in total. The SMILES string of the molecule is CNC(=O)C(=NOCc1cccc(NC(=O)OC(C)(C)C)n1)c1ccccc1. The molecule has 148 valence electrons. The Morgan fingerprint density at radius 1 is 1.07 bits per heavy atom. The molecule has 2 amide bonds. The number of likely N-dealkylation sites (N-methyl/N-ethyl adjacent to an activating group) is 1. The summed E-state index contributed by atoms with van der Waals surface area (Å²) in [4.78, 5) is 33.5. The maximum atomic E-state index is 12.0. The number of benzene rings is 1. The average Bonchev–Trinajstić information content (AvgIpc) is 2.64. The molecule has 2 aromatic rings. The molecule has 0 atom stereocenters. The van der Waals surface area contributed by atoms with Crippen molar-refractivity contribution in [3.05, 3.63) is 59.8 Å². The monoisotopic (exact) mass is 384 g/mol. The van der Waals surface area contributed by atoms with E-state index in [-0.39, 0.29) is 18.2 Å². The van der Waals surface area contributed by atoms with Gasteiger partial charge in [-0.2, -0.15) is 0 Å². The van der Waals surface area contributed by atoms with Crippen LogP contribution in [-0.2, 0) is 21.0 Å². The predicted molar refractivity (Wildman–Crippen MR) is 106 cm³/mol. The summed E-state index contributed by atoms with van der Waals surface area (Å²) in [5.74, 6) is -0.0339. The Balaban J connectivity index is 2.04. The number of hydrogen-bond acceptors (Lipinski definition) is 6. The van der Waals surface area contributed by atoms with E-state index < -0.39 is 11.7 Å². The first-order chi connectivity index (χ1) is 13.3. The summed E-state index contributed by atoms with van der Waals surface area (Å²) < 4.78 is 5.19. The number of pyridine rings is 1. The molecular formula is C20H24N4O4. The minimum atomic E-state index is -0.604. The van der Waals surface area contributed by atoms with Crippen LogP contribution in [0.2, 0.25) is 0 Å². The summed E-state index contributed by atoms with van der Waals surface area (Å²) in [5, 5.41) is 9.05. The van der Waals surface area contributed by atoms with E-state index in [1.807, 2.05) is 6.07 Å². The van der Waals surface area contributed by atoms with Gasteiger partial charge < -0.3 is 14.9 Å². The highest BCUT2D eigenvalue weighted by atomic mass is 16.6. The van der Waals surface area contributed by atoms with Crippen molar-refractivity contribution in [1.29, 1.82) is 0 Å². The number of nitrogens with zero attached hydrogens (tertiary/aromatic N) is 2. The second kappa shape index (κ2) is 9.50. The van der Waals surface area contributed by atoms with Gasteiger partial charge in [0.1, 0.15) is 11.4 Å². The van der Waals surface area contributed by atoms with Crippen LogP contribution < -0.4 is 10.6 Å². The average molecular weight is 384 g/mol. The summed E-state index contributed by atoms with van der Waals surface area (Å²) in [6.07, 6.45) is -0.595. The highest BCUT2D eigenvalue weighted by molar-refractivity contribution is 6.45. The van der Waals surface area contributed by atoms with Crippen LogP contribution in [0.4, 0.5) is 10.6 Å². The van der Waals surface area contributed by atoms with Crippen LogP contribution >= 0.6 is 0 Å². The first kappa shape index (κ1) is 20.9.